The number of aliphatic carboxylic acids is 1. The van der Waals surface area contributed by atoms with Gasteiger partial charge >= 0.3 is 5.97 Å². The van der Waals surface area contributed by atoms with E-state index in [2.05, 4.69) is 0 Å². The number of para-hydroxylation sites is 1. The maximum absolute atomic E-state index is 12.5. The number of morpholine rings is 1. The molecule has 2 atom stereocenters. The molecule has 0 spiro atoms. The SMILES string of the molecule is C[C@@H]1CN(C(=O)CCN2C(=O)CCc3ccccc32)CC(C(=O)O)O1. The first-order valence-electron chi connectivity index (χ1n) is 8.50. The normalized spacial score (nSPS) is 23.3. The average Bonchev–Trinajstić information content (AvgIpc) is 2.60. The van der Waals surface area contributed by atoms with Gasteiger partial charge in [-0.25, -0.2) is 4.79 Å². The number of carbonyl (C=O) groups excluding carboxylic acids is 2. The molecule has 0 saturated carbocycles. The van der Waals surface area contributed by atoms with Crippen molar-refractivity contribution < 1.29 is 24.2 Å². The highest BCUT2D eigenvalue weighted by Crippen LogP contribution is 2.27. The van der Waals surface area contributed by atoms with E-state index in [-0.39, 0.29) is 30.9 Å². The van der Waals surface area contributed by atoms with Crippen molar-refractivity contribution in [3.63, 3.8) is 0 Å². The number of rotatable bonds is 4. The van der Waals surface area contributed by atoms with Crippen molar-refractivity contribution in [3.05, 3.63) is 29.8 Å². The smallest absolute Gasteiger partial charge is 0.334 e. The summed E-state index contributed by atoms with van der Waals surface area (Å²) in [7, 11) is 0. The number of hydrogen-bond donors (Lipinski definition) is 1. The summed E-state index contributed by atoms with van der Waals surface area (Å²) < 4.78 is 5.33. The predicted molar refractivity (Wildman–Crippen MR) is 90.3 cm³/mol. The molecular weight excluding hydrogens is 324 g/mol. The Kier molecular flexibility index (Phi) is 5.03. The second kappa shape index (κ2) is 7.23. The van der Waals surface area contributed by atoms with Gasteiger partial charge in [-0.05, 0) is 25.0 Å². The van der Waals surface area contributed by atoms with E-state index in [1.807, 2.05) is 24.3 Å². The van der Waals surface area contributed by atoms with Gasteiger partial charge in [0.25, 0.3) is 0 Å². The number of aryl methyl sites for hydroxylation is 1. The van der Waals surface area contributed by atoms with Gasteiger partial charge < -0.3 is 19.6 Å². The van der Waals surface area contributed by atoms with Crippen molar-refractivity contribution in [2.24, 2.45) is 0 Å². The maximum Gasteiger partial charge on any atom is 0.334 e. The van der Waals surface area contributed by atoms with E-state index < -0.39 is 12.1 Å². The molecule has 134 valence electrons. The van der Waals surface area contributed by atoms with Gasteiger partial charge in [-0.2, -0.15) is 0 Å². The third-order valence-electron chi connectivity index (χ3n) is 4.63. The van der Waals surface area contributed by atoms with Crippen LogP contribution in [0.25, 0.3) is 0 Å². The highest BCUT2D eigenvalue weighted by atomic mass is 16.5. The molecule has 3 rings (SSSR count). The van der Waals surface area contributed by atoms with Gasteiger partial charge in [-0.15, -0.1) is 0 Å². The first-order chi connectivity index (χ1) is 12.0. The summed E-state index contributed by atoms with van der Waals surface area (Å²) in [6, 6.07) is 7.72. The largest absolute Gasteiger partial charge is 0.479 e. The summed E-state index contributed by atoms with van der Waals surface area (Å²) in [6.07, 6.45) is 0.0157. The van der Waals surface area contributed by atoms with Gasteiger partial charge in [0.15, 0.2) is 6.10 Å². The molecule has 1 aromatic rings. The summed E-state index contributed by atoms with van der Waals surface area (Å²) in [6.45, 7) is 2.47. The van der Waals surface area contributed by atoms with Crippen LogP contribution >= 0.6 is 0 Å². The van der Waals surface area contributed by atoms with Crippen LogP contribution in [0.4, 0.5) is 5.69 Å². The first-order valence-corrected chi connectivity index (χ1v) is 8.50. The summed E-state index contributed by atoms with van der Waals surface area (Å²) in [5, 5.41) is 9.12. The second-order valence-corrected chi connectivity index (χ2v) is 6.50. The first kappa shape index (κ1) is 17.4. The molecule has 2 amide bonds. The Bertz CT molecular complexity index is 690. The van der Waals surface area contributed by atoms with Gasteiger partial charge in [0, 0.05) is 31.6 Å². The quantitative estimate of drug-likeness (QED) is 0.881. The Morgan fingerprint density at radius 2 is 2.00 bits per heavy atom. The molecule has 7 heteroatoms. The standard InChI is InChI=1S/C18H22N2O5/c1-12-10-19(11-15(25-12)18(23)24)16(21)8-9-20-14-5-3-2-4-13(14)6-7-17(20)22/h2-5,12,15H,6-11H2,1H3,(H,23,24)/t12-,15?/m1/s1. The molecule has 1 aromatic carbocycles. The molecule has 2 aliphatic rings. The van der Waals surface area contributed by atoms with E-state index in [0.29, 0.717) is 19.5 Å². The van der Waals surface area contributed by atoms with Crippen LogP contribution in [-0.4, -0.2) is 59.6 Å². The molecule has 0 aromatic heterocycles. The molecule has 2 aliphatic heterocycles. The van der Waals surface area contributed by atoms with Crippen molar-refractivity contribution in [2.75, 3.05) is 24.5 Å². The van der Waals surface area contributed by atoms with Crippen LogP contribution in [-0.2, 0) is 25.5 Å². The minimum atomic E-state index is -1.07. The number of ether oxygens (including phenoxy) is 1. The third kappa shape index (κ3) is 3.82. The number of fused-ring (bicyclic) bond motifs is 1. The summed E-state index contributed by atoms with van der Waals surface area (Å²) >= 11 is 0. The lowest BCUT2D eigenvalue weighted by molar-refractivity contribution is -0.166. The van der Waals surface area contributed by atoms with Crippen LogP contribution in [0.3, 0.4) is 0 Å². The summed E-state index contributed by atoms with van der Waals surface area (Å²) in [4.78, 5) is 39.1. The Hall–Kier alpha value is -2.41. The van der Waals surface area contributed by atoms with Crippen LogP contribution in [0, 0.1) is 0 Å². The zero-order valence-corrected chi connectivity index (χ0v) is 14.2. The fourth-order valence-corrected chi connectivity index (χ4v) is 3.40. The van der Waals surface area contributed by atoms with Gasteiger partial charge in [0.2, 0.25) is 11.8 Å². The van der Waals surface area contributed by atoms with E-state index in [4.69, 9.17) is 9.84 Å². The zero-order valence-electron chi connectivity index (χ0n) is 14.2. The van der Waals surface area contributed by atoms with Crippen LogP contribution in [0.2, 0.25) is 0 Å². The molecule has 1 saturated heterocycles. The molecule has 0 radical (unpaired) electrons. The average molecular weight is 346 g/mol. The lowest BCUT2D eigenvalue weighted by atomic mass is 10.0. The fraction of sp³-hybridized carbons (Fsp3) is 0.500. The third-order valence-corrected chi connectivity index (χ3v) is 4.63. The monoisotopic (exact) mass is 346 g/mol. The van der Waals surface area contributed by atoms with E-state index in [1.54, 1.807) is 11.8 Å². The van der Waals surface area contributed by atoms with Crippen molar-refractivity contribution in [1.82, 2.24) is 4.90 Å². The number of carboxylic acid groups (broad SMARTS) is 1. The van der Waals surface area contributed by atoms with Gasteiger partial charge in [0.05, 0.1) is 12.6 Å². The maximum atomic E-state index is 12.5. The number of carboxylic acids is 1. The topological polar surface area (TPSA) is 87.2 Å². The number of amides is 2. The molecule has 25 heavy (non-hydrogen) atoms. The summed E-state index contributed by atoms with van der Waals surface area (Å²) in [5.41, 5.74) is 1.98. The van der Waals surface area contributed by atoms with E-state index in [1.165, 1.54) is 4.90 Å². The van der Waals surface area contributed by atoms with Crippen molar-refractivity contribution in [1.29, 1.82) is 0 Å². The fourth-order valence-electron chi connectivity index (χ4n) is 3.40. The van der Waals surface area contributed by atoms with Crippen LogP contribution < -0.4 is 4.90 Å². The number of hydrogen-bond acceptors (Lipinski definition) is 4. The van der Waals surface area contributed by atoms with Crippen LogP contribution in [0.15, 0.2) is 24.3 Å². The van der Waals surface area contributed by atoms with E-state index in [0.717, 1.165) is 17.7 Å². The number of anilines is 1. The van der Waals surface area contributed by atoms with Gasteiger partial charge in [0.1, 0.15) is 0 Å². The minimum absolute atomic E-state index is 0.0188. The Morgan fingerprint density at radius 1 is 1.24 bits per heavy atom. The summed E-state index contributed by atoms with van der Waals surface area (Å²) in [5.74, 6) is -1.20. The van der Waals surface area contributed by atoms with Crippen LogP contribution in [0.1, 0.15) is 25.3 Å². The van der Waals surface area contributed by atoms with Gasteiger partial charge in [-0.3, -0.25) is 9.59 Å². The predicted octanol–water partition coefficient (Wildman–Crippen LogP) is 1.06. The molecular formula is C18H22N2O5. The molecule has 2 heterocycles. The highest BCUT2D eigenvalue weighted by molar-refractivity contribution is 5.97. The number of nitrogens with zero attached hydrogens (tertiary/aromatic N) is 2. The molecule has 7 nitrogen and oxygen atoms in total. The molecule has 0 aliphatic carbocycles. The Morgan fingerprint density at radius 3 is 2.76 bits per heavy atom. The number of benzene rings is 1. The van der Waals surface area contributed by atoms with E-state index in [9.17, 15) is 14.4 Å². The zero-order chi connectivity index (χ0) is 18.0. The van der Waals surface area contributed by atoms with Crippen LogP contribution in [0.5, 0.6) is 0 Å². The van der Waals surface area contributed by atoms with Crippen molar-refractivity contribution >= 4 is 23.5 Å². The molecule has 0 bridgehead atoms. The van der Waals surface area contributed by atoms with Crippen molar-refractivity contribution in [3.8, 4) is 0 Å². The molecule has 1 unspecified atom stereocenters. The number of carbonyl (C=O) groups is 3. The second-order valence-electron chi connectivity index (χ2n) is 6.50. The molecule has 1 N–H and O–H groups in total. The van der Waals surface area contributed by atoms with Crippen molar-refractivity contribution in [2.45, 2.75) is 38.4 Å². The Balaban J connectivity index is 1.64. The highest BCUT2D eigenvalue weighted by Gasteiger charge is 2.33. The van der Waals surface area contributed by atoms with Gasteiger partial charge in [-0.1, -0.05) is 18.2 Å². The Labute approximate surface area is 146 Å². The lowest BCUT2D eigenvalue weighted by Gasteiger charge is -2.35. The lowest BCUT2D eigenvalue weighted by Crippen LogP contribution is -2.52. The molecule has 1 fully saturated rings. The van der Waals surface area contributed by atoms with E-state index >= 15 is 0 Å². The minimum Gasteiger partial charge on any atom is -0.479 e.